The van der Waals surface area contributed by atoms with Crippen LogP contribution in [0.5, 0.6) is 0 Å². The van der Waals surface area contributed by atoms with Gasteiger partial charge in [-0.3, -0.25) is 14.4 Å². The number of nitrogens with zero attached hydrogens (tertiary/aromatic N) is 1. The van der Waals surface area contributed by atoms with Crippen LogP contribution in [0.25, 0.3) is 0 Å². The maximum atomic E-state index is 12.6. The zero-order chi connectivity index (χ0) is 18.5. The number of ether oxygens (including phenoxy) is 1. The maximum absolute atomic E-state index is 12.6. The predicted molar refractivity (Wildman–Crippen MR) is 94.2 cm³/mol. The molecule has 3 atom stereocenters. The molecule has 3 amide bonds. The molecule has 2 aliphatic rings. The van der Waals surface area contributed by atoms with E-state index in [1.54, 1.807) is 24.3 Å². The first kappa shape index (κ1) is 18.3. The standard InChI is InChI=1S/C18H24N4O4/c19-9-16(23)22-10-14(21-17(24)12-4-2-1-3-5-12)8-15(22)18(25)20-13-6-7-26-11-13/h1-5,13-15H,6-11,19H2,(H,20,25)(H,21,24). The van der Waals surface area contributed by atoms with Crippen molar-refractivity contribution < 1.29 is 19.1 Å². The highest BCUT2D eigenvalue weighted by molar-refractivity contribution is 5.95. The number of nitrogens with two attached hydrogens (primary N) is 1. The molecule has 8 heteroatoms. The number of carbonyl (C=O) groups is 3. The number of rotatable bonds is 5. The number of benzene rings is 1. The summed E-state index contributed by atoms with van der Waals surface area (Å²) < 4.78 is 5.27. The maximum Gasteiger partial charge on any atom is 0.251 e. The third kappa shape index (κ3) is 4.20. The van der Waals surface area contributed by atoms with E-state index in [2.05, 4.69) is 10.6 Å². The molecule has 3 rings (SSSR count). The Morgan fingerprint density at radius 1 is 1.15 bits per heavy atom. The first-order chi connectivity index (χ1) is 12.6. The van der Waals surface area contributed by atoms with Crippen molar-refractivity contribution in [3.63, 3.8) is 0 Å². The van der Waals surface area contributed by atoms with Crippen molar-refractivity contribution >= 4 is 17.7 Å². The molecule has 3 unspecified atom stereocenters. The molecule has 140 valence electrons. The van der Waals surface area contributed by atoms with E-state index in [0.29, 0.717) is 25.2 Å². The molecule has 2 aliphatic heterocycles. The Hall–Kier alpha value is -2.45. The molecular formula is C18H24N4O4. The summed E-state index contributed by atoms with van der Waals surface area (Å²) in [5.41, 5.74) is 6.03. The Kier molecular flexibility index (Phi) is 5.85. The lowest BCUT2D eigenvalue weighted by Gasteiger charge is -2.24. The molecule has 0 bridgehead atoms. The van der Waals surface area contributed by atoms with E-state index in [-0.39, 0.29) is 42.9 Å². The number of amides is 3. The van der Waals surface area contributed by atoms with Crippen LogP contribution in [0.1, 0.15) is 23.2 Å². The summed E-state index contributed by atoms with van der Waals surface area (Å²) in [5.74, 6) is -0.746. The second kappa shape index (κ2) is 8.29. The van der Waals surface area contributed by atoms with E-state index in [1.165, 1.54) is 4.90 Å². The van der Waals surface area contributed by atoms with Gasteiger partial charge in [-0.25, -0.2) is 0 Å². The predicted octanol–water partition coefficient (Wildman–Crippen LogP) is -0.750. The molecule has 1 aromatic carbocycles. The fourth-order valence-electron chi connectivity index (χ4n) is 3.39. The van der Waals surface area contributed by atoms with Crippen molar-refractivity contribution in [1.29, 1.82) is 0 Å². The number of carbonyl (C=O) groups excluding carboxylic acids is 3. The highest BCUT2D eigenvalue weighted by atomic mass is 16.5. The van der Waals surface area contributed by atoms with Crippen molar-refractivity contribution in [2.75, 3.05) is 26.3 Å². The second-order valence-electron chi connectivity index (χ2n) is 6.61. The minimum Gasteiger partial charge on any atom is -0.379 e. The Bertz CT molecular complexity index is 660. The molecule has 0 saturated carbocycles. The van der Waals surface area contributed by atoms with Gasteiger partial charge in [0, 0.05) is 24.8 Å². The average Bonchev–Trinajstić information content (AvgIpc) is 3.31. The van der Waals surface area contributed by atoms with Crippen LogP contribution >= 0.6 is 0 Å². The van der Waals surface area contributed by atoms with Crippen LogP contribution in [0.15, 0.2) is 30.3 Å². The highest BCUT2D eigenvalue weighted by Gasteiger charge is 2.40. The van der Waals surface area contributed by atoms with Gasteiger partial charge in [0.15, 0.2) is 0 Å². The monoisotopic (exact) mass is 360 g/mol. The van der Waals surface area contributed by atoms with Crippen molar-refractivity contribution in [1.82, 2.24) is 15.5 Å². The third-order valence-corrected chi connectivity index (χ3v) is 4.75. The number of likely N-dealkylation sites (tertiary alicyclic amines) is 1. The van der Waals surface area contributed by atoms with Gasteiger partial charge in [-0.1, -0.05) is 18.2 Å². The Labute approximate surface area is 152 Å². The Morgan fingerprint density at radius 3 is 2.58 bits per heavy atom. The van der Waals surface area contributed by atoms with E-state index < -0.39 is 6.04 Å². The fourth-order valence-corrected chi connectivity index (χ4v) is 3.39. The smallest absolute Gasteiger partial charge is 0.251 e. The quantitative estimate of drug-likeness (QED) is 0.639. The van der Waals surface area contributed by atoms with Gasteiger partial charge in [-0.2, -0.15) is 0 Å². The van der Waals surface area contributed by atoms with Crippen molar-refractivity contribution in [2.45, 2.75) is 31.0 Å². The van der Waals surface area contributed by atoms with Crippen LogP contribution in [-0.2, 0) is 14.3 Å². The molecule has 2 saturated heterocycles. The normalized spacial score (nSPS) is 25.1. The SMILES string of the molecule is NCC(=O)N1CC(NC(=O)c2ccccc2)CC1C(=O)NC1CCOC1. The zero-order valence-electron chi connectivity index (χ0n) is 14.5. The van der Waals surface area contributed by atoms with Crippen LogP contribution in [-0.4, -0.2) is 67.1 Å². The van der Waals surface area contributed by atoms with Gasteiger partial charge in [0.2, 0.25) is 11.8 Å². The van der Waals surface area contributed by atoms with Gasteiger partial charge in [-0.05, 0) is 25.0 Å². The molecule has 1 aromatic rings. The van der Waals surface area contributed by atoms with Gasteiger partial charge in [-0.15, -0.1) is 0 Å². The lowest BCUT2D eigenvalue weighted by molar-refractivity contribution is -0.137. The summed E-state index contributed by atoms with van der Waals surface area (Å²) in [6.07, 6.45) is 1.13. The average molecular weight is 360 g/mol. The van der Waals surface area contributed by atoms with Crippen molar-refractivity contribution in [2.24, 2.45) is 5.73 Å². The molecule has 2 heterocycles. The first-order valence-electron chi connectivity index (χ1n) is 8.82. The largest absolute Gasteiger partial charge is 0.379 e. The summed E-state index contributed by atoms with van der Waals surface area (Å²) in [6.45, 7) is 1.21. The lowest BCUT2D eigenvalue weighted by atomic mass is 10.1. The van der Waals surface area contributed by atoms with E-state index in [1.807, 2.05) is 6.07 Å². The molecule has 2 fully saturated rings. The minimum absolute atomic E-state index is 0.0321. The summed E-state index contributed by atoms with van der Waals surface area (Å²) >= 11 is 0. The number of hydrogen-bond donors (Lipinski definition) is 3. The highest BCUT2D eigenvalue weighted by Crippen LogP contribution is 2.19. The molecule has 0 aliphatic carbocycles. The molecule has 4 N–H and O–H groups in total. The van der Waals surface area contributed by atoms with Gasteiger partial charge >= 0.3 is 0 Å². The summed E-state index contributed by atoms with van der Waals surface area (Å²) in [7, 11) is 0. The van der Waals surface area contributed by atoms with Crippen molar-refractivity contribution in [3.8, 4) is 0 Å². The number of nitrogens with one attached hydrogen (secondary N) is 2. The van der Waals surface area contributed by atoms with Crippen LogP contribution in [0.2, 0.25) is 0 Å². The first-order valence-corrected chi connectivity index (χ1v) is 8.82. The van der Waals surface area contributed by atoms with Gasteiger partial charge in [0.25, 0.3) is 5.91 Å². The summed E-state index contributed by atoms with van der Waals surface area (Å²) in [6, 6.07) is 7.88. The van der Waals surface area contributed by atoms with E-state index in [0.717, 1.165) is 6.42 Å². The van der Waals surface area contributed by atoms with Crippen molar-refractivity contribution in [3.05, 3.63) is 35.9 Å². The Balaban J connectivity index is 1.65. The summed E-state index contributed by atoms with van der Waals surface area (Å²) in [5, 5.41) is 5.83. The zero-order valence-corrected chi connectivity index (χ0v) is 14.5. The van der Waals surface area contributed by atoms with Crippen LogP contribution in [0.3, 0.4) is 0 Å². The number of hydrogen-bond acceptors (Lipinski definition) is 5. The van der Waals surface area contributed by atoms with Crippen LogP contribution in [0, 0.1) is 0 Å². The van der Waals surface area contributed by atoms with Crippen LogP contribution in [0.4, 0.5) is 0 Å². The third-order valence-electron chi connectivity index (χ3n) is 4.75. The molecular weight excluding hydrogens is 336 g/mol. The van der Waals surface area contributed by atoms with Gasteiger partial charge in [0.1, 0.15) is 6.04 Å². The minimum atomic E-state index is -0.632. The second-order valence-corrected chi connectivity index (χ2v) is 6.61. The molecule has 0 aromatic heterocycles. The molecule has 0 radical (unpaired) electrons. The van der Waals surface area contributed by atoms with E-state index in [4.69, 9.17) is 10.5 Å². The molecule has 8 nitrogen and oxygen atoms in total. The van der Waals surface area contributed by atoms with Gasteiger partial charge < -0.3 is 26.0 Å². The Morgan fingerprint density at radius 2 is 1.92 bits per heavy atom. The van der Waals surface area contributed by atoms with E-state index in [9.17, 15) is 14.4 Å². The molecule has 0 spiro atoms. The van der Waals surface area contributed by atoms with Crippen LogP contribution < -0.4 is 16.4 Å². The van der Waals surface area contributed by atoms with E-state index >= 15 is 0 Å². The topological polar surface area (TPSA) is 114 Å². The lowest BCUT2D eigenvalue weighted by Crippen LogP contribution is -2.50. The molecule has 26 heavy (non-hydrogen) atoms. The van der Waals surface area contributed by atoms with Gasteiger partial charge in [0.05, 0.1) is 19.2 Å². The summed E-state index contributed by atoms with van der Waals surface area (Å²) in [4.78, 5) is 38.6. The fraction of sp³-hybridized carbons (Fsp3) is 0.500.